The summed E-state index contributed by atoms with van der Waals surface area (Å²) in [4.78, 5) is 30.8. The van der Waals surface area contributed by atoms with Crippen molar-refractivity contribution in [2.45, 2.75) is 39.3 Å². The number of ketones is 2. The van der Waals surface area contributed by atoms with Crippen LogP contribution in [0.25, 0.3) is 0 Å². The number of rotatable bonds is 2. The van der Waals surface area contributed by atoms with E-state index < -0.39 is 41.1 Å². The third-order valence-electron chi connectivity index (χ3n) is 2.85. The van der Waals surface area contributed by atoms with E-state index in [2.05, 4.69) is 5.32 Å². The van der Waals surface area contributed by atoms with Crippen LogP contribution in [0.5, 0.6) is 0 Å². The fourth-order valence-electron chi connectivity index (χ4n) is 1.35. The fourth-order valence-corrected chi connectivity index (χ4v) is 1.35. The molecule has 1 amide bonds. The lowest BCUT2D eigenvalue weighted by molar-refractivity contribution is -0.193. The maximum absolute atomic E-state index is 12.4. The summed E-state index contributed by atoms with van der Waals surface area (Å²) in [5, 5.41) is 2.46. The van der Waals surface area contributed by atoms with Crippen molar-refractivity contribution in [2.24, 2.45) is 5.41 Å². The van der Waals surface area contributed by atoms with Crippen LogP contribution in [0.4, 0.5) is 45.2 Å². The first kappa shape index (κ1) is 26.4. The molecule has 1 aromatic carbocycles. The number of benzene rings is 1. The van der Waals surface area contributed by atoms with Crippen LogP contribution in [-0.2, 0) is 20.6 Å². The maximum Gasteiger partial charge on any atom is 0.458 e. The molecule has 0 radical (unpaired) electrons. The van der Waals surface area contributed by atoms with E-state index in [1.807, 2.05) is 0 Å². The second-order valence-electron chi connectivity index (χ2n) is 6.44. The van der Waals surface area contributed by atoms with Gasteiger partial charge in [-0.05, 0) is 18.2 Å². The Labute approximate surface area is 158 Å². The largest absolute Gasteiger partial charge is 0.458 e. The Balaban J connectivity index is 0.000000578. The Morgan fingerprint density at radius 2 is 1.17 bits per heavy atom. The molecule has 0 heterocycles. The van der Waals surface area contributed by atoms with Crippen molar-refractivity contribution < 1.29 is 53.9 Å². The van der Waals surface area contributed by atoms with Gasteiger partial charge in [-0.25, -0.2) is 0 Å². The SMILES string of the molecule is CC(C)(C)C(=O)Nc1cccc(C(F)(F)F)c1.O=C(C(=O)C(F)(F)F)C(F)(F)F. The van der Waals surface area contributed by atoms with Gasteiger partial charge in [-0.2, -0.15) is 39.5 Å². The molecule has 0 aliphatic rings. The summed E-state index contributed by atoms with van der Waals surface area (Å²) < 4.78 is 104. The summed E-state index contributed by atoms with van der Waals surface area (Å²) in [6, 6.07) is 4.58. The van der Waals surface area contributed by atoms with E-state index in [1.54, 1.807) is 20.8 Å². The lowest BCUT2D eigenvalue weighted by atomic mass is 9.95. The Morgan fingerprint density at radius 1 is 0.759 bits per heavy atom. The number of nitrogens with one attached hydrogen (secondary N) is 1. The molecular formula is C16H14F9NO3. The van der Waals surface area contributed by atoms with Crippen molar-refractivity contribution in [2.75, 3.05) is 5.32 Å². The molecule has 0 saturated heterocycles. The number of amides is 1. The monoisotopic (exact) mass is 439 g/mol. The molecule has 0 unspecified atom stereocenters. The summed E-state index contributed by atoms with van der Waals surface area (Å²) in [6.07, 6.45) is -15.9. The van der Waals surface area contributed by atoms with Crippen molar-refractivity contribution in [1.29, 1.82) is 0 Å². The number of carbonyl (C=O) groups excluding carboxylic acids is 3. The van der Waals surface area contributed by atoms with Crippen molar-refractivity contribution in [3.05, 3.63) is 29.8 Å². The predicted octanol–water partition coefficient (Wildman–Crippen LogP) is 4.94. The molecule has 0 spiro atoms. The van der Waals surface area contributed by atoms with Gasteiger partial charge in [-0.3, -0.25) is 14.4 Å². The molecule has 1 N–H and O–H groups in total. The molecule has 0 aromatic heterocycles. The van der Waals surface area contributed by atoms with Gasteiger partial charge in [0.25, 0.3) is 0 Å². The molecular weight excluding hydrogens is 425 g/mol. The van der Waals surface area contributed by atoms with Crippen molar-refractivity contribution in [1.82, 2.24) is 0 Å². The first-order valence-corrected chi connectivity index (χ1v) is 7.38. The Kier molecular flexibility index (Phi) is 8.03. The van der Waals surface area contributed by atoms with Crippen molar-refractivity contribution in [3.8, 4) is 0 Å². The zero-order valence-electron chi connectivity index (χ0n) is 14.9. The minimum absolute atomic E-state index is 0.153. The first-order valence-electron chi connectivity index (χ1n) is 7.38. The molecule has 1 aromatic rings. The number of Topliss-reactive ketones (excluding diaryl/α,β-unsaturated/α-hetero) is 2. The van der Waals surface area contributed by atoms with Gasteiger partial charge < -0.3 is 5.32 Å². The third kappa shape index (κ3) is 8.96. The first-order chi connectivity index (χ1) is 12.7. The van der Waals surface area contributed by atoms with Crippen LogP contribution in [0.1, 0.15) is 26.3 Å². The predicted molar refractivity (Wildman–Crippen MR) is 81.7 cm³/mol. The number of halogens is 9. The number of carbonyl (C=O) groups is 3. The van der Waals surface area contributed by atoms with Gasteiger partial charge in [-0.1, -0.05) is 26.8 Å². The summed E-state index contributed by atoms with van der Waals surface area (Å²) in [5.74, 6) is -7.14. The zero-order chi connectivity index (χ0) is 23.4. The molecule has 0 saturated carbocycles. The minimum atomic E-state index is -5.77. The minimum Gasteiger partial charge on any atom is -0.326 e. The molecule has 0 aliphatic carbocycles. The molecule has 13 heteroatoms. The average molecular weight is 439 g/mol. The Morgan fingerprint density at radius 3 is 1.48 bits per heavy atom. The van der Waals surface area contributed by atoms with E-state index in [-0.39, 0.29) is 11.6 Å². The van der Waals surface area contributed by atoms with E-state index in [0.29, 0.717) is 0 Å². The van der Waals surface area contributed by atoms with Crippen LogP contribution in [0, 0.1) is 5.41 Å². The van der Waals surface area contributed by atoms with Gasteiger partial charge in [0.15, 0.2) is 0 Å². The molecule has 0 aliphatic heterocycles. The molecule has 0 atom stereocenters. The van der Waals surface area contributed by atoms with Crippen LogP contribution >= 0.6 is 0 Å². The second-order valence-corrected chi connectivity index (χ2v) is 6.44. The van der Waals surface area contributed by atoms with Gasteiger partial charge in [0.2, 0.25) is 5.91 Å². The highest BCUT2D eigenvalue weighted by Crippen LogP contribution is 2.31. The highest BCUT2D eigenvalue weighted by Gasteiger charge is 2.54. The number of hydrogen-bond donors (Lipinski definition) is 1. The van der Waals surface area contributed by atoms with E-state index >= 15 is 0 Å². The van der Waals surface area contributed by atoms with Gasteiger partial charge >= 0.3 is 30.1 Å². The summed E-state index contributed by atoms with van der Waals surface area (Å²) in [6.45, 7) is 5.07. The third-order valence-corrected chi connectivity index (χ3v) is 2.85. The molecule has 0 fully saturated rings. The summed E-state index contributed by atoms with van der Waals surface area (Å²) in [7, 11) is 0. The van der Waals surface area contributed by atoms with Crippen LogP contribution in [-0.4, -0.2) is 29.8 Å². The van der Waals surface area contributed by atoms with Crippen molar-refractivity contribution >= 4 is 23.2 Å². The smallest absolute Gasteiger partial charge is 0.326 e. The maximum atomic E-state index is 12.4. The van der Waals surface area contributed by atoms with E-state index in [1.165, 1.54) is 12.1 Å². The van der Waals surface area contributed by atoms with Gasteiger partial charge in [-0.15, -0.1) is 0 Å². The topological polar surface area (TPSA) is 63.2 Å². The fraction of sp³-hybridized carbons (Fsp3) is 0.438. The number of anilines is 1. The zero-order valence-corrected chi connectivity index (χ0v) is 14.9. The molecule has 29 heavy (non-hydrogen) atoms. The van der Waals surface area contributed by atoms with Gasteiger partial charge in [0.05, 0.1) is 5.56 Å². The standard InChI is InChI=1S/C12H14F3NO.C4F6O2/c1-11(2,3)10(17)16-9-6-4-5-8(7-9)12(13,14)15;5-3(6,7)1(11)2(12)4(8,9)10/h4-7H,1-3H3,(H,16,17);. The average Bonchev–Trinajstić information content (AvgIpc) is 2.50. The highest BCUT2D eigenvalue weighted by molar-refractivity contribution is 6.41. The highest BCUT2D eigenvalue weighted by atomic mass is 19.4. The van der Waals surface area contributed by atoms with Crippen LogP contribution in [0.3, 0.4) is 0 Å². The van der Waals surface area contributed by atoms with E-state index in [9.17, 15) is 53.9 Å². The van der Waals surface area contributed by atoms with Crippen LogP contribution < -0.4 is 5.32 Å². The van der Waals surface area contributed by atoms with E-state index in [4.69, 9.17) is 0 Å². The molecule has 4 nitrogen and oxygen atoms in total. The van der Waals surface area contributed by atoms with Crippen LogP contribution in [0.2, 0.25) is 0 Å². The van der Waals surface area contributed by atoms with Gasteiger partial charge in [0.1, 0.15) is 0 Å². The molecule has 0 bridgehead atoms. The molecule has 1 rings (SSSR count). The Bertz CT molecular complexity index is 733. The van der Waals surface area contributed by atoms with Crippen molar-refractivity contribution in [3.63, 3.8) is 0 Å². The summed E-state index contributed by atoms with van der Waals surface area (Å²) in [5.41, 5.74) is -1.27. The number of alkyl halides is 9. The van der Waals surface area contributed by atoms with Crippen LogP contribution in [0.15, 0.2) is 24.3 Å². The normalized spacial score (nSPS) is 12.6. The number of hydrogen-bond acceptors (Lipinski definition) is 3. The summed E-state index contributed by atoms with van der Waals surface area (Å²) >= 11 is 0. The lowest BCUT2D eigenvalue weighted by Gasteiger charge is -2.18. The quantitative estimate of drug-likeness (QED) is 0.525. The second kappa shape index (κ2) is 8.82. The molecule has 164 valence electrons. The lowest BCUT2D eigenvalue weighted by Crippen LogP contribution is -2.39. The Hall–Kier alpha value is -2.60. The van der Waals surface area contributed by atoms with E-state index in [0.717, 1.165) is 12.1 Å². The van der Waals surface area contributed by atoms with Gasteiger partial charge in [0, 0.05) is 11.1 Å².